The van der Waals surface area contributed by atoms with Gasteiger partial charge in [0.05, 0.1) is 0 Å². The van der Waals surface area contributed by atoms with Crippen LogP contribution in [-0.2, 0) is 6.61 Å². The summed E-state index contributed by atoms with van der Waals surface area (Å²) >= 11 is 3.30. The van der Waals surface area contributed by atoms with Gasteiger partial charge in [0.15, 0.2) is 0 Å². The van der Waals surface area contributed by atoms with E-state index in [4.69, 9.17) is 10.5 Å². The Balaban J connectivity index is 1.97. The molecule has 0 saturated heterocycles. The number of alkyl halides is 3. The van der Waals surface area contributed by atoms with Gasteiger partial charge in [-0.1, -0.05) is 22.0 Å². The molecule has 112 valence electrons. The summed E-state index contributed by atoms with van der Waals surface area (Å²) in [7, 11) is 0. The minimum atomic E-state index is -4.70. The van der Waals surface area contributed by atoms with E-state index in [1.54, 1.807) is 12.1 Å². The van der Waals surface area contributed by atoms with Gasteiger partial charge in [0, 0.05) is 15.7 Å². The number of benzene rings is 2. The van der Waals surface area contributed by atoms with Crippen LogP contribution < -0.4 is 15.2 Å². The predicted molar refractivity (Wildman–Crippen MR) is 76.0 cm³/mol. The fraction of sp³-hybridized carbons (Fsp3) is 0.143. The summed E-state index contributed by atoms with van der Waals surface area (Å²) in [5.41, 5.74) is 7.18. The molecule has 0 bridgehead atoms. The third-order valence-electron chi connectivity index (χ3n) is 2.56. The van der Waals surface area contributed by atoms with Crippen LogP contribution in [0, 0.1) is 0 Å². The molecule has 0 aliphatic heterocycles. The monoisotopic (exact) mass is 361 g/mol. The lowest BCUT2D eigenvalue weighted by Crippen LogP contribution is -2.16. The number of anilines is 1. The van der Waals surface area contributed by atoms with Crippen LogP contribution in [0.25, 0.3) is 0 Å². The first-order valence-electron chi connectivity index (χ1n) is 5.86. The topological polar surface area (TPSA) is 44.5 Å². The minimum Gasteiger partial charge on any atom is -0.489 e. The van der Waals surface area contributed by atoms with Crippen molar-refractivity contribution in [3.63, 3.8) is 0 Å². The van der Waals surface area contributed by atoms with Crippen LogP contribution in [-0.4, -0.2) is 6.36 Å². The quantitative estimate of drug-likeness (QED) is 0.814. The summed E-state index contributed by atoms with van der Waals surface area (Å²) in [6, 6.07) is 10.6. The first-order chi connectivity index (χ1) is 9.83. The summed E-state index contributed by atoms with van der Waals surface area (Å²) in [5.74, 6) is 0.129. The van der Waals surface area contributed by atoms with Gasteiger partial charge in [-0.3, -0.25) is 0 Å². The number of hydrogen-bond donors (Lipinski definition) is 1. The van der Waals surface area contributed by atoms with E-state index < -0.39 is 6.36 Å². The Hall–Kier alpha value is -1.89. The molecule has 0 saturated carbocycles. The van der Waals surface area contributed by atoms with E-state index >= 15 is 0 Å². The SMILES string of the molecule is Nc1cc(Br)ccc1COc1ccc(OC(F)(F)F)cc1. The Morgan fingerprint density at radius 1 is 1.00 bits per heavy atom. The van der Waals surface area contributed by atoms with Gasteiger partial charge in [0.1, 0.15) is 18.1 Å². The van der Waals surface area contributed by atoms with Crippen LogP contribution >= 0.6 is 15.9 Å². The number of nitrogen functional groups attached to an aromatic ring is 1. The molecule has 7 heteroatoms. The smallest absolute Gasteiger partial charge is 0.489 e. The van der Waals surface area contributed by atoms with E-state index in [1.165, 1.54) is 24.3 Å². The molecule has 2 rings (SSSR count). The maximum absolute atomic E-state index is 12.0. The Kier molecular flexibility index (Phi) is 4.62. The normalized spacial score (nSPS) is 11.2. The molecule has 0 fully saturated rings. The number of rotatable bonds is 4. The van der Waals surface area contributed by atoms with Crippen molar-refractivity contribution >= 4 is 21.6 Å². The van der Waals surface area contributed by atoms with E-state index in [0.717, 1.165) is 10.0 Å². The molecule has 2 aromatic rings. The molecule has 2 N–H and O–H groups in total. The van der Waals surface area contributed by atoms with Crippen molar-refractivity contribution in [3.8, 4) is 11.5 Å². The van der Waals surface area contributed by atoms with Crippen LogP contribution in [0.4, 0.5) is 18.9 Å². The Morgan fingerprint density at radius 2 is 1.62 bits per heavy atom. The lowest BCUT2D eigenvalue weighted by atomic mass is 10.2. The van der Waals surface area contributed by atoms with Crippen molar-refractivity contribution in [2.45, 2.75) is 13.0 Å². The van der Waals surface area contributed by atoms with Crippen LogP contribution in [0.2, 0.25) is 0 Å². The molecule has 0 atom stereocenters. The molecule has 0 aliphatic carbocycles. The van der Waals surface area contributed by atoms with E-state index in [9.17, 15) is 13.2 Å². The van der Waals surface area contributed by atoms with E-state index in [-0.39, 0.29) is 12.4 Å². The Bertz CT molecular complexity index is 615. The van der Waals surface area contributed by atoms with Gasteiger partial charge in [0.2, 0.25) is 0 Å². The van der Waals surface area contributed by atoms with Crippen molar-refractivity contribution in [1.29, 1.82) is 0 Å². The molecule has 0 amide bonds. The molecule has 0 heterocycles. The number of nitrogens with two attached hydrogens (primary N) is 1. The Morgan fingerprint density at radius 3 is 2.19 bits per heavy atom. The molecule has 0 radical (unpaired) electrons. The van der Waals surface area contributed by atoms with Crippen molar-refractivity contribution in [2.75, 3.05) is 5.73 Å². The van der Waals surface area contributed by atoms with Gasteiger partial charge in [-0.05, 0) is 36.4 Å². The number of ether oxygens (including phenoxy) is 2. The summed E-state index contributed by atoms with van der Waals surface area (Å²) in [6.07, 6.45) is -4.70. The van der Waals surface area contributed by atoms with Crippen LogP contribution in [0.1, 0.15) is 5.56 Å². The maximum Gasteiger partial charge on any atom is 0.573 e. The number of halogens is 4. The van der Waals surface area contributed by atoms with Gasteiger partial charge in [-0.2, -0.15) is 0 Å². The highest BCUT2D eigenvalue weighted by atomic mass is 79.9. The van der Waals surface area contributed by atoms with Gasteiger partial charge in [0.25, 0.3) is 0 Å². The fourth-order valence-electron chi connectivity index (χ4n) is 1.60. The zero-order valence-electron chi connectivity index (χ0n) is 10.7. The molecular formula is C14H11BrF3NO2. The van der Waals surface area contributed by atoms with E-state index in [0.29, 0.717) is 11.4 Å². The Labute approximate surface area is 127 Å². The van der Waals surface area contributed by atoms with Gasteiger partial charge >= 0.3 is 6.36 Å². The fourth-order valence-corrected chi connectivity index (χ4v) is 1.97. The molecular weight excluding hydrogens is 351 g/mol. The largest absolute Gasteiger partial charge is 0.573 e. The summed E-state index contributed by atoms with van der Waals surface area (Å²) in [6.45, 7) is 0.221. The van der Waals surface area contributed by atoms with Crippen molar-refractivity contribution < 1.29 is 22.6 Å². The molecule has 21 heavy (non-hydrogen) atoms. The highest BCUT2D eigenvalue weighted by Crippen LogP contribution is 2.25. The first kappa shape index (κ1) is 15.5. The van der Waals surface area contributed by atoms with Gasteiger partial charge in [-0.25, -0.2) is 0 Å². The summed E-state index contributed by atoms with van der Waals surface area (Å²) in [5, 5.41) is 0. The third kappa shape index (κ3) is 4.86. The zero-order valence-corrected chi connectivity index (χ0v) is 12.2. The highest BCUT2D eigenvalue weighted by Gasteiger charge is 2.30. The molecule has 3 nitrogen and oxygen atoms in total. The predicted octanol–water partition coefficient (Wildman–Crippen LogP) is 4.51. The second kappa shape index (κ2) is 6.26. The highest BCUT2D eigenvalue weighted by molar-refractivity contribution is 9.10. The zero-order chi connectivity index (χ0) is 15.5. The maximum atomic E-state index is 12.0. The lowest BCUT2D eigenvalue weighted by molar-refractivity contribution is -0.274. The lowest BCUT2D eigenvalue weighted by Gasteiger charge is -2.11. The second-order valence-electron chi connectivity index (χ2n) is 4.15. The molecule has 0 aliphatic rings. The molecule has 2 aromatic carbocycles. The third-order valence-corrected chi connectivity index (χ3v) is 3.05. The molecule has 0 unspecified atom stereocenters. The van der Waals surface area contributed by atoms with E-state index in [2.05, 4.69) is 20.7 Å². The summed E-state index contributed by atoms with van der Waals surface area (Å²) in [4.78, 5) is 0. The van der Waals surface area contributed by atoms with Crippen molar-refractivity contribution in [3.05, 3.63) is 52.5 Å². The average molecular weight is 362 g/mol. The van der Waals surface area contributed by atoms with Gasteiger partial charge < -0.3 is 15.2 Å². The van der Waals surface area contributed by atoms with Crippen molar-refractivity contribution in [2.24, 2.45) is 0 Å². The number of hydrogen-bond acceptors (Lipinski definition) is 3. The first-order valence-corrected chi connectivity index (χ1v) is 6.65. The molecule has 0 spiro atoms. The van der Waals surface area contributed by atoms with Gasteiger partial charge in [-0.15, -0.1) is 13.2 Å². The molecule has 0 aromatic heterocycles. The summed E-state index contributed by atoms with van der Waals surface area (Å²) < 4.78 is 46.1. The van der Waals surface area contributed by atoms with Crippen LogP contribution in [0.5, 0.6) is 11.5 Å². The standard InChI is InChI=1S/C14H11BrF3NO2/c15-10-2-1-9(13(19)7-10)8-20-11-3-5-12(6-4-11)21-14(16,17)18/h1-7H,8,19H2. The average Bonchev–Trinajstić information content (AvgIpc) is 2.38. The second-order valence-corrected chi connectivity index (χ2v) is 5.07. The van der Waals surface area contributed by atoms with Crippen LogP contribution in [0.3, 0.4) is 0 Å². The van der Waals surface area contributed by atoms with E-state index in [1.807, 2.05) is 6.07 Å². The minimum absolute atomic E-state index is 0.221. The van der Waals surface area contributed by atoms with Crippen molar-refractivity contribution in [1.82, 2.24) is 0 Å². The van der Waals surface area contributed by atoms with Crippen LogP contribution in [0.15, 0.2) is 46.9 Å².